The maximum Gasteiger partial charge on any atom is 0.340 e. The second kappa shape index (κ2) is 9.60. The van der Waals surface area contributed by atoms with Crippen LogP contribution in [0.15, 0.2) is 36.4 Å². The van der Waals surface area contributed by atoms with Crippen LogP contribution in [0, 0.1) is 6.92 Å². The second-order valence-corrected chi connectivity index (χ2v) is 6.69. The van der Waals surface area contributed by atoms with Gasteiger partial charge in [0.1, 0.15) is 0 Å². The third-order valence-corrected chi connectivity index (χ3v) is 4.43. The highest BCUT2D eigenvalue weighted by molar-refractivity contribution is 6.36. The largest absolute Gasteiger partial charge is 0.452 e. The number of ether oxygens (including phenoxy) is 1. The Balaban J connectivity index is 1.79. The molecule has 0 unspecified atom stereocenters. The summed E-state index contributed by atoms with van der Waals surface area (Å²) >= 11 is 17.6. The van der Waals surface area contributed by atoms with E-state index in [-0.39, 0.29) is 17.1 Å². The molecule has 2 aromatic rings. The molecule has 0 heterocycles. The summed E-state index contributed by atoms with van der Waals surface area (Å²) in [5, 5.41) is 5.99. The molecule has 0 saturated carbocycles. The number of hydrogen-bond acceptors (Lipinski definition) is 4. The van der Waals surface area contributed by atoms with Crippen LogP contribution in [0.1, 0.15) is 15.9 Å². The van der Waals surface area contributed by atoms with E-state index >= 15 is 0 Å². The molecule has 0 radical (unpaired) electrons. The van der Waals surface area contributed by atoms with Crippen LogP contribution in [0.2, 0.25) is 15.1 Å². The number of hydrogen-bond donors (Lipinski definition) is 2. The first-order chi connectivity index (χ1) is 12.8. The molecular weight excluding hydrogens is 415 g/mol. The first kappa shape index (κ1) is 21.0. The fourth-order valence-electron chi connectivity index (χ4n) is 2.03. The van der Waals surface area contributed by atoms with Crippen molar-refractivity contribution in [1.29, 1.82) is 0 Å². The molecule has 0 aliphatic carbocycles. The van der Waals surface area contributed by atoms with Crippen LogP contribution in [0.5, 0.6) is 0 Å². The average molecular weight is 430 g/mol. The number of nitrogens with one attached hydrogen (secondary N) is 2. The number of rotatable bonds is 6. The van der Waals surface area contributed by atoms with Gasteiger partial charge in [-0.1, -0.05) is 40.9 Å². The molecule has 2 amide bonds. The lowest BCUT2D eigenvalue weighted by Crippen LogP contribution is -2.35. The zero-order chi connectivity index (χ0) is 20.0. The van der Waals surface area contributed by atoms with Crippen LogP contribution in [-0.4, -0.2) is 30.9 Å². The lowest BCUT2D eigenvalue weighted by atomic mass is 10.2. The minimum Gasteiger partial charge on any atom is -0.452 e. The summed E-state index contributed by atoms with van der Waals surface area (Å²) < 4.78 is 4.87. The SMILES string of the molecule is Cc1c(Cl)cccc1NC(=O)CNC(=O)COC(=O)c1ccc(Cl)cc1Cl. The van der Waals surface area contributed by atoms with Gasteiger partial charge >= 0.3 is 5.97 Å². The molecule has 2 rings (SSSR count). The van der Waals surface area contributed by atoms with Crippen LogP contribution in [0.3, 0.4) is 0 Å². The van der Waals surface area contributed by atoms with Crippen LogP contribution in [-0.2, 0) is 14.3 Å². The second-order valence-electron chi connectivity index (χ2n) is 5.44. The highest BCUT2D eigenvalue weighted by Gasteiger charge is 2.15. The molecule has 0 spiro atoms. The number of anilines is 1. The van der Waals surface area contributed by atoms with Crippen LogP contribution >= 0.6 is 34.8 Å². The van der Waals surface area contributed by atoms with Crippen molar-refractivity contribution >= 4 is 58.3 Å². The Bertz CT molecular complexity index is 887. The Morgan fingerprint density at radius 3 is 2.44 bits per heavy atom. The van der Waals surface area contributed by atoms with Gasteiger partial charge in [0.15, 0.2) is 6.61 Å². The molecule has 2 aromatic carbocycles. The summed E-state index contributed by atoms with van der Waals surface area (Å²) in [7, 11) is 0. The standard InChI is InChI=1S/C18H15Cl3N2O4/c1-10-13(20)3-2-4-15(10)23-16(24)8-22-17(25)9-27-18(26)12-6-5-11(19)7-14(12)21/h2-7H,8-9H2,1H3,(H,22,25)(H,23,24). The molecule has 142 valence electrons. The minimum absolute atomic E-state index is 0.0861. The predicted octanol–water partition coefficient (Wildman–Crippen LogP) is 3.87. The van der Waals surface area contributed by atoms with E-state index in [0.717, 1.165) is 0 Å². The van der Waals surface area contributed by atoms with E-state index in [2.05, 4.69) is 10.6 Å². The molecule has 6 nitrogen and oxygen atoms in total. The number of amides is 2. The van der Waals surface area contributed by atoms with Crippen molar-refractivity contribution in [3.05, 3.63) is 62.6 Å². The van der Waals surface area contributed by atoms with E-state index in [0.29, 0.717) is 21.3 Å². The molecule has 0 aliphatic heterocycles. The fourth-order valence-corrected chi connectivity index (χ4v) is 2.69. The molecule has 0 aliphatic rings. The average Bonchev–Trinajstić information content (AvgIpc) is 2.62. The quantitative estimate of drug-likeness (QED) is 0.683. The van der Waals surface area contributed by atoms with E-state index in [9.17, 15) is 14.4 Å². The minimum atomic E-state index is -0.772. The number of halogens is 3. The van der Waals surface area contributed by atoms with Crippen molar-refractivity contribution in [2.75, 3.05) is 18.5 Å². The molecule has 2 N–H and O–H groups in total. The molecule has 9 heteroatoms. The molecule has 0 aromatic heterocycles. The van der Waals surface area contributed by atoms with E-state index in [1.165, 1.54) is 18.2 Å². The topological polar surface area (TPSA) is 84.5 Å². The number of carbonyl (C=O) groups excluding carboxylic acids is 3. The summed E-state index contributed by atoms with van der Waals surface area (Å²) in [5.74, 6) is -1.85. The third kappa shape index (κ3) is 6.13. The lowest BCUT2D eigenvalue weighted by Gasteiger charge is -2.10. The van der Waals surface area contributed by atoms with Gasteiger partial charge in [-0.2, -0.15) is 0 Å². The van der Waals surface area contributed by atoms with E-state index in [1.807, 2.05) is 0 Å². The van der Waals surface area contributed by atoms with Gasteiger partial charge in [-0.3, -0.25) is 9.59 Å². The Kier molecular flexibility index (Phi) is 7.47. The van der Waals surface area contributed by atoms with Gasteiger partial charge in [0.2, 0.25) is 5.91 Å². The van der Waals surface area contributed by atoms with Gasteiger partial charge in [0.05, 0.1) is 17.1 Å². The Hall–Kier alpha value is -2.28. The van der Waals surface area contributed by atoms with Gasteiger partial charge < -0.3 is 15.4 Å². The lowest BCUT2D eigenvalue weighted by molar-refractivity contribution is -0.126. The van der Waals surface area contributed by atoms with Crippen molar-refractivity contribution in [3.63, 3.8) is 0 Å². The van der Waals surface area contributed by atoms with Gasteiger partial charge in [-0.15, -0.1) is 0 Å². The highest BCUT2D eigenvalue weighted by atomic mass is 35.5. The molecule has 0 bridgehead atoms. The Morgan fingerprint density at radius 2 is 1.74 bits per heavy atom. The Labute approximate surface area is 170 Å². The van der Waals surface area contributed by atoms with Crippen molar-refractivity contribution in [3.8, 4) is 0 Å². The smallest absolute Gasteiger partial charge is 0.340 e. The summed E-state index contributed by atoms with van der Waals surface area (Å²) in [5.41, 5.74) is 1.35. The molecule has 27 heavy (non-hydrogen) atoms. The zero-order valence-electron chi connectivity index (χ0n) is 14.1. The number of esters is 1. The summed E-state index contributed by atoms with van der Waals surface area (Å²) in [6, 6.07) is 9.36. The van der Waals surface area contributed by atoms with Crippen LogP contribution in [0.25, 0.3) is 0 Å². The van der Waals surface area contributed by atoms with Gasteiger partial charge in [0.25, 0.3) is 5.91 Å². The molecule has 0 atom stereocenters. The van der Waals surface area contributed by atoms with Gasteiger partial charge in [0, 0.05) is 15.7 Å². The van der Waals surface area contributed by atoms with E-state index in [4.69, 9.17) is 39.5 Å². The van der Waals surface area contributed by atoms with E-state index < -0.39 is 24.4 Å². The maximum atomic E-state index is 11.9. The maximum absolute atomic E-state index is 11.9. The zero-order valence-corrected chi connectivity index (χ0v) is 16.4. The fraction of sp³-hybridized carbons (Fsp3) is 0.167. The Morgan fingerprint density at radius 1 is 1.00 bits per heavy atom. The monoisotopic (exact) mass is 428 g/mol. The summed E-state index contributed by atoms with van der Waals surface area (Å²) in [6.07, 6.45) is 0. The van der Waals surface area contributed by atoms with Crippen LogP contribution < -0.4 is 10.6 Å². The first-order valence-corrected chi connectivity index (χ1v) is 8.85. The first-order valence-electron chi connectivity index (χ1n) is 7.71. The third-order valence-electron chi connectivity index (χ3n) is 3.47. The van der Waals surface area contributed by atoms with Crippen molar-refractivity contribution in [1.82, 2.24) is 5.32 Å². The van der Waals surface area contributed by atoms with Gasteiger partial charge in [-0.05, 0) is 42.8 Å². The normalized spacial score (nSPS) is 10.2. The highest BCUT2D eigenvalue weighted by Crippen LogP contribution is 2.23. The summed E-state index contributed by atoms with van der Waals surface area (Å²) in [6.45, 7) is 0.920. The van der Waals surface area contributed by atoms with Crippen LogP contribution in [0.4, 0.5) is 5.69 Å². The molecular formula is C18H15Cl3N2O4. The number of carbonyl (C=O) groups is 3. The summed E-state index contributed by atoms with van der Waals surface area (Å²) in [4.78, 5) is 35.6. The van der Waals surface area contributed by atoms with Crippen molar-refractivity contribution < 1.29 is 19.1 Å². The van der Waals surface area contributed by atoms with Gasteiger partial charge in [-0.25, -0.2) is 4.79 Å². The number of benzene rings is 2. The molecule has 0 saturated heterocycles. The van der Waals surface area contributed by atoms with E-state index in [1.54, 1.807) is 25.1 Å². The van der Waals surface area contributed by atoms with Crippen molar-refractivity contribution in [2.24, 2.45) is 0 Å². The molecule has 0 fully saturated rings. The van der Waals surface area contributed by atoms with Crippen molar-refractivity contribution in [2.45, 2.75) is 6.92 Å². The predicted molar refractivity (Wildman–Crippen MR) is 105 cm³/mol.